The van der Waals surface area contributed by atoms with Crippen molar-refractivity contribution in [1.29, 1.82) is 0 Å². The summed E-state index contributed by atoms with van der Waals surface area (Å²) in [6, 6.07) is 6.06. The van der Waals surface area contributed by atoms with Crippen LogP contribution in [0, 0.1) is 11.3 Å². The Labute approximate surface area is 203 Å². The molecule has 0 bridgehead atoms. The molecular weight excluding hydrogens is 434 g/mol. The van der Waals surface area contributed by atoms with Crippen molar-refractivity contribution in [1.82, 2.24) is 15.5 Å². The first-order chi connectivity index (χ1) is 16.2. The fourth-order valence-electron chi connectivity index (χ4n) is 4.16. The maximum absolute atomic E-state index is 13.6. The molecule has 0 spiro atoms. The molecule has 1 aliphatic heterocycles. The van der Waals surface area contributed by atoms with Crippen LogP contribution in [0.4, 0.5) is 0 Å². The summed E-state index contributed by atoms with van der Waals surface area (Å²) in [6.45, 7) is 8.75. The van der Waals surface area contributed by atoms with Crippen LogP contribution in [0.1, 0.15) is 52.0 Å². The Morgan fingerprint density at radius 3 is 2.47 bits per heavy atom. The van der Waals surface area contributed by atoms with Gasteiger partial charge >= 0.3 is 0 Å². The fourth-order valence-corrected chi connectivity index (χ4v) is 4.16. The molecule has 2 N–H and O–H groups in total. The van der Waals surface area contributed by atoms with Gasteiger partial charge in [-0.15, -0.1) is 0 Å². The minimum atomic E-state index is -0.452. The number of nitrogens with zero attached hydrogens (tertiary/aromatic N) is 1. The zero-order valence-corrected chi connectivity index (χ0v) is 21.3. The maximum atomic E-state index is 13.6. The summed E-state index contributed by atoms with van der Waals surface area (Å²) in [4.78, 5) is 28.0. The van der Waals surface area contributed by atoms with Crippen molar-refractivity contribution in [3.8, 4) is 11.5 Å². The van der Waals surface area contributed by atoms with Gasteiger partial charge in [-0.05, 0) is 37.0 Å². The number of nitrogens with one attached hydrogen (secondary N) is 2. The minimum absolute atomic E-state index is 0.0147. The highest BCUT2D eigenvalue weighted by Crippen LogP contribution is 2.32. The normalized spacial score (nSPS) is 20.5. The Hall–Kier alpha value is -2.32. The molecule has 0 radical (unpaired) electrons. The van der Waals surface area contributed by atoms with Gasteiger partial charge in [0, 0.05) is 63.3 Å². The lowest BCUT2D eigenvalue weighted by Crippen LogP contribution is -2.54. The van der Waals surface area contributed by atoms with E-state index in [0.717, 1.165) is 30.6 Å². The summed E-state index contributed by atoms with van der Waals surface area (Å²) in [5, 5.41) is 6.46. The van der Waals surface area contributed by atoms with Crippen molar-refractivity contribution in [2.75, 3.05) is 40.5 Å². The van der Waals surface area contributed by atoms with Crippen LogP contribution in [0.3, 0.4) is 0 Å². The number of hydrogen-bond acceptors (Lipinski definition) is 6. The van der Waals surface area contributed by atoms with Gasteiger partial charge in [0.1, 0.15) is 11.5 Å². The monoisotopic (exact) mass is 475 g/mol. The maximum Gasteiger partial charge on any atom is 0.227 e. The largest absolute Gasteiger partial charge is 0.497 e. The first kappa shape index (κ1) is 26.3. The highest BCUT2D eigenvalue weighted by atomic mass is 16.5. The summed E-state index contributed by atoms with van der Waals surface area (Å²) in [6.07, 6.45) is 3.51. The van der Waals surface area contributed by atoms with Gasteiger partial charge in [-0.25, -0.2) is 0 Å². The van der Waals surface area contributed by atoms with E-state index < -0.39 is 5.41 Å². The number of hydrogen-bond donors (Lipinski definition) is 2. The first-order valence-corrected chi connectivity index (χ1v) is 12.3. The van der Waals surface area contributed by atoms with Crippen LogP contribution in [-0.4, -0.2) is 69.3 Å². The zero-order chi connectivity index (χ0) is 24.7. The first-order valence-electron chi connectivity index (χ1n) is 12.3. The number of carbonyl (C=O) groups is 2. The van der Waals surface area contributed by atoms with Crippen molar-refractivity contribution in [2.45, 2.75) is 65.1 Å². The molecule has 0 unspecified atom stereocenters. The van der Waals surface area contributed by atoms with E-state index in [9.17, 15) is 9.59 Å². The van der Waals surface area contributed by atoms with E-state index in [4.69, 9.17) is 14.2 Å². The quantitative estimate of drug-likeness (QED) is 0.479. The minimum Gasteiger partial charge on any atom is -0.497 e. The van der Waals surface area contributed by atoms with Crippen LogP contribution in [-0.2, 0) is 20.9 Å². The smallest absolute Gasteiger partial charge is 0.227 e. The van der Waals surface area contributed by atoms with Crippen molar-refractivity contribution in [3.63, 3.8) is 0 Å². The van der Waals surface area contributed by atoms with E-state index >= 15 is 0 Å². The van der Waals surface area contributed by atoms with E-state index in [1.54, 1.807) is 14.2 Å². The predicted octanol–water partition coefficient (Wildman–Crippen LogP) is 2.74. The third-order valence-electron chi connectivity index (χ3n) is 6.28. The van der Waals surface area contributed by atoms with Gasteiger partial charge in [0.15, 0.2) is 0 Å². The Balaban J connectivity index is 1.66. The molecule has 2 aliphatic rings. The average Bonchev–Trinajstić information content (AvgIpc) is 3.64. The number of ether oxygens (including phenoxy) is 3. The van der Waals surface area contributed by atoms with Crippen LogP contribution < -0.4 is 20.1 Å². The second-order valence-electron chi connectivity index (χ2n) is 10.4. The van der Waals surface area contributed by atoms with Gasteiger partial charge < -0.3 is 29.7 Å². The SMILES string of the molecule is COCCCOc1cc(CN(C(=O)[C@@H]2CNC[C@@H](NC(=O)C(C)(C)C)C2)C2CC2)cc(OC)c1. The number of amides is 2. The van der Waals surface area contributed by atoms with Crippen LogP contribution in [0.15, 0.2) is 18.2 Å². The van der Waals surface area contributed by atoms with E-state index in [2.05, 4.69) is 10.6 Å². The second-order valence-corrected chi connectivity index (χ2v) is 10.4. The summed E-state index contributed by atoms with van der Waals surface area (Å²) in [5.74, 6) is 1.45. The topological polar surface area (TPSA) is 89.1 Å². The molecule has 2 atom stereocenters. The summed E-state index contributed by atoms with van der Waals surface area (Å²) in [5.41, 5.74) is 0.537. The van der Waals surface area contributed by atoms with E-state index in [0.29, 0.717) is 45.0 Å². The number of rotatable bonds is 11. The summed E-state index contributed by atoms with van der Waals surface area (Å²) >= 11 is 0. The highest BCUT2D eigenvalue weighted by Gasteiger charge is 2.38. The molecule has 1 aromatic carbocycles. The molecule has 1 aromatic rings. The molecule has 8 nitrogen and oxygen atoms in total. The third-order valence-corrected chi connectivity index (χ3v) is 6.28. The second kappa shape index (κ2) is 11.9. The molecule has 2 amide bonds. The van der Waals surface area contributed by atoms with E-state index in [-0.39, 0.29) is 29.8 Å². The Bertz CT molecular complexity index is 834. The van der Waals surface area contributed by atoms with Crippen molar-refractivity contribution < 1.29 is 23.8 Å². The highest BCUT2D eigenvalue weighted by molar-refractivity contribution is 5.82. The molecule has 1 saturated carbocycles. The van der Waals surface area contributed by atoms with Crippen molar-refractivity contribution in [3.05, 3.63) is 23.8 Å². The number of carbonyl (C=O) groups excluding carboxylic acids is 2. The van der Waals surface area contributed by atoms with Gasteiger partial charge in [-0.3, -0.25) is 9.59 Å². The van der Waals surface area contributed by atoms with Crippen molar-refractivity contribution >= 4 is 11.8 Å². The number of methoxy groups -OCH3 is 2. The van der Waals surface area contributed by atoms with Crippen molar-refractivity contribution in [2.24, 2.45) is 11.3 Å². The predicted molar refractivity (Wildman–Crippen MR) is 131 cm³/mol. The lowest BCUT2D eigenvalue weighted by molar-refractivity contribution is -0.138. The Kier molecular flexibility index (Phi) is 9.19. The van der Waals surface area contributed by atoms with Gasteiger partial charge in [-0.2, -0.15) is 0 Å². The Morgan fingerprint density at radius 1 is 1.09 bits per heavy atom. The number of piperidine rings is 1. The molecule has 2 fully saturated rings. The van der Waals surface area contributed by atoms with Crippen LogP contribution in [0.5, 0.6) is 11.5 Å². The number of benzene rings is 1. The van der Waals surface area contributed by atoms with Gasteiger partial charge in [-0.1, -0.05) is 20.8 Å². The fraction of sp³-hybridized carbons (Fsp3) is 0.692. The summed E-state index contributed by atoms with van der Waals surface area (Å²) in [7, 11) is 3.31. The van der Waals surface area contributed by atoms with E-state index in [1.807, 2.05) is 43.9 Å². The van der Waals surface area contributed by atoms with Gasteiger partial charge in [0.2, 0.25) is 11.8 Å². The average molecular weight is 476 g/mol. The van der Waals surface area contributed by atoms with Gasteiger partial charge in [0.25, 0.3) is 0 Å². The van der Waals surface area contributed by atoms with Gasteiger partial charge in [0.05, 0.1) is 19.6 Å². The molecule has 1 aliphatic carbocycles. The molecular formula is C26H41N3O5. The molecule has 0 aromatic heterocycles. The molecule has 1 saturated heterocycles. The molecule has 8 heteroatoms. The molecule has 1 heterocycles. The zero-order valence-electron chi connectivity index (χ0n) is 21.3. The lowest BCUT2D eigenvalue weighted by Gasteiger charge is -2.35. The van der Waals surface area contributed by atoms with Crippen LogP contribution in [0.2, 0.25) is 0 Å². The third kappa shape index (κ3) is 7.60. The van der Waals surface area contributed by atoms with Crippen LogP contribution >= 0.6 is 0 Å². The molecule has 34 heavy (non-hydrogen) atoms. The summed E-state index contributed by atoms with van der Waals surface area (Å²) < 4.78 is 16.5. The van der Waals surface area contributed by atoms with Crippen LogP contribution in [0.25, 0.3) is 0 Å². The standard InChI is InChI=1S/C26H41N3O5/c1-26(2,3)25(31)28-20-13-19(15-27-16-20)24(30)29(21-7-8-21)17-18-11-22(33-5)14-23(12-18)34-10-6-9-32-4/h11-12,14,19-21,27H,6-10,13,15-17H2,1-5H3,(H,28,31)/t19-,20-/m0/s1. The van der Waals surface area contributed by atoms with E-state index in [1.165, 1.54) is 0 Å². The molecule has 3 rings (SSSR count). The molecule has 190 valence electrons. The lowest BCUT2D eigenvalue weighted by atomic mass is 9.91. The Morgan fingerprint density at radius 2 is 1.82 bits per heavy atom.